The molecule has 5 heteroatoms. The van der Waals surface area contributed by atoms with E-state index in [2.05, 4.69) is 33.9 Å². The van der Waals surface area contributed by atoms with Gasteiger partial charge in [0, 0.05) is 6.33 Å². The molecular formula is C11H10ILiN2O. The fourth-order valence-electron chi connectivity index (χ4n) is 1.20. The fourth-order valence-corrected chi connectivity index (χ4v) is 1.64. The van der Waals surface area contributed by atoms with Gasteiger partial charge in [-0.3, -0.25) is 0 Å². The van der Waals surface area contributed by atoms with Crippen molar-refractivity contribution in [3.05, 3.63) is 52.1 Å². The molecule has 1 aromatic carbocycles. The van der Waals surface area contributed by atoms with Gasteiger partial charge in [-0.2, -0.15) is 0 Å². The zero-order chi connectivity index (χ0) is 10.5. The average Bonchev–Trinajstić information content (AvgIpc) is 2.66. The molecule has 0 amide bonds. The molecule has 3 nitrogen and oxygen atoms in total. The van der Waals surface area contributed by atoms with Gasteiger partial charge >= 0.3 is 18.9 Å². The third kappa shape index (κ3) is 4.30. The van der Waals surface area contributed by atoms with Crippen LogP contribution in [0.4, 0.5) is 0 Å². The minimum Gasteiger partial charge on any atom is -0.432 e. The Bertz CT molecular complexity index is 419. The molecule has 16 heavy (non-hydrogen) atoms. The number of rotatable bonds is 4. The smallest absolute Gasteiger partial charge is 0.432 e. The van der Waals surface area contributed by atoms with E-state index >= 15 is 0 Å². The van der Waals surface area contributed by atoms with E-state index in [9.17, 15) is 0 Å². The van der Waals surface area contributed by atoms with Crippen LogP contribution in [-0.2, 0) is 18.1 Å². The maximum Gasteiger partial charge on any atom is 1.00 e. The molecule has 2 rings (SSSR count). The third-order valence-corrected chi connectivity index (χ3v) is 2.41. The number of hydrogen-bond acceptors (Lipinski definition) is 2. The van der Waals surface area contributed by atoms with Gasteiger partial charge in [0.05, 0.1) is 6.61 Å². The van der Waals surface area contributed by atoms with Gasteiger partial charge in [-0.05, 0) is 9.26 Å². The first kappa shape index (κ1) is 13.8. The minimum absolute atomic E-state index is 0. The molecule has 0 N–H and O–H groups in total. The predicted molar refractivity (Wildman–Crippen MR) is 65.0 cm³/mol. The zero-order valence-electron chi connectivity index (χ0n) is 9.06. The van der Waals surface area contributed by atoms with Gasteiger partial charge in [-0.15, -0.1) is 28.8 Å². The van der Waals surface area contributed by atoms with Crippen LogP contribution in [0.15, 0.2) is 36.5 Å². The van der Waals surface area contributed by atoms with Crippen LogP contribution < -0.4 is 18.9 Å². The van der Waals surface area contributed by atoms with E-state index in [-0.39, 0.29) is 18.9 Å². The van der Waals surface area contributed by atoms with Crippen molar-refractivity contribution in [2.75, 3.05) is 0 Å². The Morgan fingerprint density at radius 3 is 2.69 bits per heavy atom. The summed E-state index contributed by atoms with van der Waals surface area (Å²) in [5, 5.41) is 0. The van der Waals surface area contributed by atoms with Crippen LogP contribution in [0.25, 0.3) is 0 Å². The van der Waals surface area contributed by atoms with Crippen LogP contribution in [0.2, 0.25) is 0 Å². The van der Waals surface area contributed by atoms with Gasteiger partial charge in [0.1, 0.15) is 6.73 Å². The second-order valence-electron chi connectivity index (χ2n) is 3.10. The minimum atomic E-state index is 0. The SMILES string of the molecule is Ic1cn(COCc2ccccc2)[c-]n1.[Li+]. The van der Waals surface area contributed by atoms with Gasteiger partial charge in [-0.25, -0.2) is 0 Å². The second kappa shape index (κ2) is 7.12. The first-order chi connectivity index (χ1) is 7.34. The molecule has 0 saturated carbocycles. The van der Waals surface area contributed by atoms with E-state index in [1.165, 1.54) is 5.56 Å². The average molecular weight is 320 g/mol. The molecule has 0 unspecified atom stereocenters. The van der Waals surface area contributed by atoms with Crippen LogP contribution in [0, 0.1) is 10.0 Å². The van der Waals surface area contributed by atoms with E-state index in [4.69, 9.17) is 4.74 Å². The number of halogens is 1. The van der Waals surface area contributed by atoms with Crippen molar-refractivity contribution in [3.63, 3.8) is 0 Å². The molecule has 0 atom stereocenters. The quantitative estimate of drug-likeness (QED) is 0.430. The third-order valence-electron chi connectivity index (χ3n) is 1.89. The van der Waals surface area contributed by atoms with Crippen LogP contribution in [0.1, 0.15) is 5.56 Å². The number of ether oxygens (including phenoxy) is 1. The summed E-state index contributed by atoms with van der Waals surface area (Å²) < 4.78 is 8.23. The molecule has 0 radical (unpaired) electrons. The summed E-state index contributed by atoms with van der Waals surface area (Å²) in [6.45, 7) is 1.11. The summed E-state index contributed by atoms with van der Waals surface area (Å²) in [7, 11) is 0. The monoisotopic (exact) mass is 320 g/mol. The van der Waals surface area contributed by atoms with Gasteiger partial charge in [-0.1, -0.05) is 30.3 Å². The summed E-state index contributed by atoms with van der Waals surface area (Å²) in [6.07, 6.45) is 4.72. The van der Waals surface area contributed by atoms with E-state index in [0.717, 1.165) is 3.70 Å². The molecule has 0 aliphatic heterocycles. The van der Waals surface area contributed by atoms with Crippen LogP contribution in [-0.4, -0.2) is 9.55 Å². The Morgan fingerprint density at radius 2 is 2.06 bits per heavy atom. The van der Waals surface area contributed by atoms with Gasteiger partial charge in [0.2, 0.25) is 0 Å². The Morgan fingerprint density at radius 1 is 1.31 bits per heavy atom. The molecule has 0 bridgehead atoms. The second-order valence-corrected chi connectivity index (χ2v) is 4.20. The van der Waals surface area contributed by atoms with Crippen molar-refractivity contribution in [1.29, 1.82) is 0 Å². The Hall–Kier alpha value is -0.283. The predicted octanol–water partition coefficient (Wildman–Crippen LogP) is -0.534. The van der Waals surface area contributed by atoms with Gasteiger partial charge in [0.25, 0.3) is 0 Å². The zero-order valence-corrected chi connectivity index (χ0v) is 11.2. The van der Waals surface area contributed by atoms with Crippen molar-refractivity contribution < 1.29 is 23.6 Å². The number of aromatic nitrogens is 2. The topological polar surface area (TPSA) is 27.1 Å². The van der Waals surface area contributed by atoms with Crippen molar-refractivity contribution >= 4 is 22.6 Å². The molecular weight excluding hydrogens is 310 g/mol. The van der Waals surface area contributed by atoms with E-state index in [0.29, 0.717) is 13.3 Å². The molecule has 0 fully saturated rings. The Kier molecular flexibility index (Phi) is 6.14. The van der Waals surface area contributed by atoms with Crippen molar-refractivity contribution in [1.82, 2.24) is 9.55 Å². The summed E-state index contributed by atoms with van der Waals surface area (Å²) in [4.78, 5) is 3.99. The molecule has 1 heterocycles. The normalized spacial score (nSPS) is 9.81. The molecule has 0 aliphatic rings. The first-order valence-electron chi connectivity index (χ1n) is 4.56. The molecule has 0 saturated heterocycles. The number of imidazole rings is 1. The number of nitrogens with zero attached hydrogens (tertiary/aromatic N) is 2. The number of benzene rings is 1. The van der Waals surface area contributed by atoms with Gasteiger partial charge < -0.3 is 14.3 Å². The fraction of sp³-hybridized carbons (Fsp3) is 0.182. The van der Waals surface area contributed by atoms with E-state index < -0.39 is 0 Å². The molecule has 78 valence electrons. The summed E-state index contributed by atoms with van der Waals surface area (Å²) in [5.41, 5.74) is 1.17. The Balaban J connectivity index is 0.00000128. The van der Waals surface area contributed by atoms with E-state index in [1.54, 1.807) is 4.57 Å². The summed E-state index contributed by atoms with van der Waals surface area (Å²) >= 11 is 2.15. The van der Waals surface area contributed by atoms with Crippen molar-refractivity contribution in [2.24, 2.45) is 0 Å². The first-order valence-corrected chi connectivity index (χ1v) is 5.64. The maximum atomic E-state index is 5.51. The van der Waals surface area contributed by atoms with Crippen LogP contribution in [0.3, 0.4) is 0 Å². The molecule has 2 aromatic rings. The summed E-state index contributed by atoms with van der Waals surface area (Å²) in [6, 6.07) is 10.1. The summed E-state index contributed by atoms with van der Waals surface area (Å²) in [5.74, 6) is 0. The molecule has 0 spiro atoms. The maximum absolute atomic E-state index is 5.51. The largest absolute Gasteiger partial charge is 1.00 e. The molecule has 0 aliphatic carbocycles. The Labute approximate surface area is 121 Å². The van der Waals surface area contributed by atoms with Crippen LogP contribution >= 0.6 is 22.6 Å². The standard InChI is InChI=1S/C11H10IN2O.Li/c12-11-6-14(8-13-11)9-15-7-10-4-2-1-3-5-10;/h1-6H,7,9H2;/q-1;+1. The van der Waals surface area contributed by atoms with Gasteiger partial charge in [0.15, 0.2) is 0 Å². The van der Waals surface area contributed by atoms with Crippen molar-refractivity contribution in [2.45, 2.75) is 13.3 Å². The van der Waals surface area contributed by atoms with E-state index in [1.807, 2.05) is 36.5 Å². The molecule has 1 aromatic heterocycles. The van der Waals surface area contributed by atoms with Crippen molar-refractivity contribution in [3.8, 4) is 0 Å². The number of hydrogen-bond donors (Lipinski definition) is 0. The van der Waals surface area contributed by atoms with Crippen LogP contribution in [0.5, 0.6) is 0 Å².